The van der Waals surface area contributed by atoms with E-state index >= 15 is 0 Å². The number of carbonyl (C=O) groups is 1. The van der Waals surface area contributed by atoms with Crippen molar-refractivity contribution in [1.82, 2.24) is 5.32 Å². The van der Waals surface area contributed by atoms with Crippen LogP contribution in [0.2, 0.25) is 0 Å². The van der Waals surface area contributed by atoms with Crippen LogP contribution in [0.15, 0.2) is 54.7 Å². The van der Waals surface area contributed by atoms with E-state index in [0.29, 0.717) is 13.0 Å². The average Bonchev–Trinajstić information content (AvgIpc) is 2.48. The number of aliphatic hydroxyl groups excluding tert-OH is 1. The number of aryl methyl sites for hydroxylation is 2. The first-order valence-electron chi connectivity index (χ1n) is 6.77. The highest BCUT2D eigenvalue weighted by Crippen LogP contribution is 2.08. The summed E-state index contributed by atoms with van der Waals surface area (Å²) in [4.78, 5) is 9.87. The summed E-state index contributed by atoms with van der Waals surface area (Å²) in [7, 11) is 0. The Hall–Kier alpha value is -2.13. The second kappa shape index (κ2) is 10.6. The molecule has 0 aliphatic heterocycles. The Morgan fingerprint density at radius 3 is 2.48 bits per heavy atom. The maximum absolute atomic E-state index is 9.87. The Balaban J connectivity index is 0.000000382. The van der Waals surface area contributed by atoms with E-state index in [1.54, 1.807) is 6.08 Å². The van der Waals surface area contributed by atoms with Crippen molar-refractivity contribution in [3.8, 4) is 0 Å². The second-order valence-electron chi connectivity index (χ2n) is 4.83. The lowest BCUT2D eigenvalue weighted by Gasteiger charge is -2.00. The third-order valence-electron chi connectivity index (χ3n) is 2.92. The normalized spacial score (nSPS) is 10.2. The van der Waals surface area contributed by atoms with Gasteiger partial charge in [-0.1, -0.05) is 49.1 Å². The van der Waals surface area contributed by atoms with Crippen LogP contribution >= 0.6 is 0 Å². The lowest BCUT2D eigenvalue weighted by Crippen LogP contribution is -2.12. The molecule has 21 heavy (non-hydrogen) atoms. The molecule has 0 aliphatic rings. The maximum Gasteiger partial charge on any atom is 0.207 e. The Kier molecular flexibility index (Phi) is 9.55. The Morgan fingerprint density at radius 2 is 2.00 bits per heavy atom. The van der Waals surface area contributed by atoms with E-state index < -0.39 is 0 Å². The molecule has 0 aromatic heterocycles. The van der Waals surface area contributed by atoms with Crippen molar-refractivity contribution in [1.29, 1.82) is 0 Å². The maximum atomic E-state index is 9.87. The molecule has 2 N–H and O–H groups in total. The van der Waals surface area contributed by atoms with Gasteiger partial charge in [0.15, 0.2) is 0 Å². The van der Waals surface area contributed by atoms with Crippen molar-refractivity contribution in [2.45, 2.75) is 27.4 Å². The topological polar surface area (TPSA) is 49.3 Å². The van der Waals surface area contributed by atoms with Gasteiger partial charge in [-0.25, -0.2) is 0 Å². The number of carbonyl (C=O) groups excluding carboxylic acids is 1. The van der Waals surface area contributed by atoms with Gasteiger partial charge in [0.2, 0.25) is 6.41 Å². The van der Waals surface area contributed by atoms with Crippen molar-refractivity contribution in [3.63, 3.8) is 0 Å². The van der Waals surface area contributed by atoms with E-state index in [0.717, 1.165) is 16.7 Å². The molecule has 0 spiro atoms. The summed E-state index contributed by atoms with van der Waals surface area (Å²) >= 11 is 0. The molecule has 0 bridgehead atoms. The first-order chi connectivity index (χ1) is 9.94. The van der Waals surface area contributed by atoms with Crippen LogP contribution in [-0.2, 0) is 11.4 Å². The molecule has 0 heterocycles. The minimum Gasteiger partial charge on any atom is -0.392 e. The second-order valence-corrected chi connectivity index (χ2v) is 4.83. The van der Waals surface area contributed by atoms with Gasteiger partial charge in [-0.15, -0.1) is 0 Å². The molecule has 114 valence electrons. The molecule has 0 aliphatic carbocycles. The first-order valence-corrected chi connectivity index (χ1v) is 6.77. The van der Waals surface area contributed by atoms with Crippen molar-refractivity contribution >= 4 is 6.41 Å². The molecule has 1 amide bonds. The van der Waals surface area contributed by atoms with E-state index in [1.807, 2.05) is 31.2 Å². The van der Waals surface area contributed by atoms with Crippen LogP contribution in [0.3, 0.4) is 0 Å². The van der Waals surface area contributed by atoms with Gasteiger partial charge in [-0.2, -0.15) is 0 Å². The van der Waals surface area contributed by atoms with E-state index in [1.165, 1.54) is 11.1 Å². The number of hydrogen-bond donors (Lipinski definition) is 2. The van der Waals surface area contributed by atoms with Crippen molar-refractivity contribution in [3.05, 3.63) is 71.3 Å². The Labute approximate surface area is 127 Å². The first kappa shape index (κ1) is 18.9. The van der Waals surface area contributed by atoms with E-state index in [-0.39, 0.29) is 6.61 Å². The summed E-state index contributed by atoms with van der Waals surface area (Å²) in [6.07, 6.45) is 4.28. The minimum absolute atomic E-state index is 0.140. The van der Waals surface area contributed by atoms with Gasteiger partial charge in [0, 0.05) is 6.54 Å². The van der Waals surface area contributed by atoms with Gasteiger partial charge in [-0.05, 0) is 43.0 Å². The highest BCUT2D eigenvalue weighted by molar-refractivity contribution is 5.47. The molecule has 1 aromatic carbocycles. The van der Waals surface area contributed by atoms with Crippen LogP contribution in [0.1, 0.15) is 23.6 Å². The predicted molar refractivity (Wildman–Crippen MR) is 89.0 cm³/mol. The van der Waals surface area contributed by atoms with Crippen LogP contribution in [0.4, 0.5) is 0 Å². The van der Waals surface area contributed by atoms with Gasteiger partial charge in [-0.3, -0.25) is 4.79 Å². The van der Waals surface area contributed by atoms with Gasteiger partial charge in [0.05, 0.1) is 6.61 Å². The molecule has 0 saturated carbocycles. The number of amides is 1. The molecule has 3 nitrogen and oxygen atoms in total. The Morgan fingerprint density at radius 1 is 1.33 bits per heavy atom. The van der Waals surface area contributed by atoms with Crippen LogP contribution in [-0.4, -0.2) is 18.1 Å². The van der Waals surface area contributed by atoms with Crippen molar-refractivity contribution in [2.75, 3.05) is 6.54 Å². The minimum atomic E-state index is 0.140. The lowest BCUT2D eigenvalue weighted by molar-refractivity contribution is -0.109. The summed E-state index contributed by atoms with van der Waals surface area (Å²) in [5.41, 5.74) is 5.42. The van der Waals surface area contributed by atoms with E-state index in [4.69, 9.17) is 5.11 Å². The SMILES string of the molecule is C=C/C(C)=C\C(=C)CNC=O.Cc1ccc(CO)cc1C. The van der Waals surface area contributed by atoms with Crippen molar-refractivity contribution < 1.29 is 9.90 Å². The number of aliphatic hydroxyl groups is 1. The zero-order chi connectivity index (χ0) is 16.3. The van der Waals surface area contributed by atoms with Gasteiger partial charge >= 0.3 is 0 Å². The highest BCUT2D eigenvalue weighted by Gasteiger charge is 1.92. The summed E-state index contributed by atoms with van der Waals surface area (Å²) in [6, 6.07) is 5.98. The zero-order valence-corrected chi connectivity index (χ0v) is 13.1. The van der Waals surface area contributed by atoms with Crippen LogP contribution in [0, 0.1) is 13.8 Å². The number of allylic oxidation sites excluding steroid dienone is 2. The third kappa shape index (κ3) is 8.60. The monoisotopic (exact) mass is 287 g/mol. The molecule has 3 heteroatoms. The number of hydrogen-bond acceptors (Lipinski definition) is 2. The molecule has 0 radical (unpaired) electrons. The molecule has 1 rings (SSSR count). The smallest absolute Gasteiger partial charge is 0.207 e. The highest BCUT2D eigenvalue weighted by atomic mass is 16.3. The van der Waals surface area contributed by atoms with E-state index in [2.05, 4.69) is 32.3 Å². The fraction of sp³-hybridized carbons (Fsp3) is 0.278. The number of nitrogens with one attached hydrogen (secondary N) is 1. The van der Waals surface area contributed by atoms with E-state index in [9.17, 15) is 4.79 Å². The fourth-order valence-electron chi connectivity index (χ4n) is 1.51. The molecule has 0 fully saturated rings. The van der Waals surface area contributed by atoms with Crippen LogP contribution in [0.25, 0.3) is 0 Å². The summed E-state index contributed by atoms with van der Waals surface area (Å²) in [5, 5.41) is 11.3. The molecule has 0 atom stereocenters. The lowest BCUT2D eigenvalue weighted by atomic mass is 10.1. The van der Waals surface area contributed by atoms with Gasteiger partial charge in [0.25, 0.3) is 0 Å². The van der Waals surface area contributed by atoms with Gasteiger partial charge < -0.3 is 10.4 Å². The van der Waals surface area contributed by atoms with Gasteiger partial charge in [0.1, 0.15) is 0 Å². The molecule has 0 unspecified atom stereocenters. The molecular formula is C18H25NO2. The molecule has 1 aromatic rings. The zero-order valence-electron chi connectivity index (χ0n) is 13.1. The summed E-state index contributed by atoms with van der Waals surface area (Å²) < 4.78 is 0. The van der Waals surface area contributed by atoms with Crippen LogP contribution < -0.4 is 5.32 Å². The Bertz CT molecular complexity index is 516. The summed E-state index contributed by atoms with van der Waals surface area (Å²) in [5.74, 6) is 0. The third-order valence-corrected chi connectivity index (χ3v) is 2.92. The number of benzene rings is 1. The predicted octanol–water partition coefficient (Wildman–Crippen LogP) is 3.22. The van der Waals surface area contributed by atoms with Crippen LogP contribution in [0.5, 0.6) is 0 Å². The molecular weight excluding hydrogens is 262 g/mol. The molecule has 0 saturated heterocycles. The summed E-state index contributed by atoms with van der Waals surface area (Å²) in [6.45, 7) is 14.0. The van der Waals surface area contributed by atoms with Crippen molar-refractivity contribution in [2.24, 2.45) is 0 Å². The average molecular weight is 287 g/mol. The fourth-order valence-corrected chi connectivity index (χ4v) is 1.51. The largest absolute Gasteiger partial charge is 0.392 e. The quantitative estimate of drug-likeness (QED) is 0.623. The standard InChI is InChI=1S/C9H13NO.C9H12O/c1-4-8(2)5-9(3)6-10-7-11;1-7-3-4-9(6-10)5-8(7)2/h4-5,7H,1,3,6H2,2H3,(H,10,11);3-5,10H,6H2,1-2H3/b8-5-;. The number of rotatable bonds is 6.